The molecule has 27 heavy (non-hydrogen) atoms. The average molecular weight is 370 g/mol. The minimum atomic E-state index is -0.436. The SMILES string of the molecule is CC(=O)O[C@@]1(C)CC[C@H]2[C@@H]3[C@H](C#N)CC4=CC(=O)CC[C@]4(C)[C@H]3CC[C@@]21C. The first-order valence-corrected chi connectivity index (χ1v) is 10.5. The summed E-state index contributed by atoms with van der Waals surface area (Å²) in [6.07, 6.45) is 8.12. The number of ether oxygens (including phenoxy) is 1. The van der Waals surface area contributed by atoms with Crippen LogP contribution in [0, 0.1) is 45.8 Å². The smallest absolute Gasteiger partial charge is 0.303 e. The first-order chi connectivity index (χ1) is 12.6. The van der Waals surface area contributed by atoms with E-state index in [9.17, 15) is 14.9 Å². The Labute approximate surface area is 162 Å². The topological polar surface area (TPSA) is 67.2 Å². The molecule has 0 aliphatic heterocycles. The molecule has 0 aromatic heterocycles. The van der Waals surface area contributed by atoms with E-state index in [1.807, 2.05) is 6.08 Å². The fourth-order valence-corrected chi connectivity index (χ4v) is 7.41. The first-order valence-electron chi connectivity index (χ1n) is 10.5. The number of rotatable bonds is 1. The monoisotopic (exact) mass is 369 g/mol. The first kappa shape index (κ1) is 18.7. The Bertz CT molecular complexity index is 764. The number of nitriles is 1. The van der Waals surface area contributed by atoms with Crippen molar-refractivity contribution >= 4 is 11.8 Å². The Balaban J connectivity index is 1.74. The Morgan fingerprint density at radius 2 is 1.89 bits per heavy atom. The largest absolute Gasteiger partial charge is 0.459 e. The van der Waals surface area contributed by atoms with E-state index in [1.54, 1.807) is 0 Å². The van der Waals surface area contributed by atoms with Crippen LogP contribution in [0.5, 0.6) is 0 Å². The molecule has 4 aliphatic rings. The van der Waals surface area contributed by atoms with E-state index >= 15 is 0 Å². The third kappa shape index (κ3) is 2.46. The van der Waals surface area contributed by atoms with Gasteiger partial charge in [-0.1, -0.05) is 19.4 Å². The summed E-state index contributed by atoms with van der Waals surface area (Å²) in [6, 6.07) is 2.61. The highest BCUT2D eigenvalue weighted by molar-refractivity contribution is 5.91. The van der Waals surface area contributed by atoms with Crippen molar-refractivity contribution in [3.05, 3.63) is 11.6 Å². The van der Waals surface area contributed by atoms with Crippen molar-refractivity contribution in [2.75, 3.05) is 0 Å². The highest BCUT2D eigenvalue weighted by atomic mass is 16.6. The highest BCUT2D eigenvalue weighted by Gasteiger charge is 2.65. The average Bonchev–Trinajstić information content (AvgIpc) is 2.85. The second-order valence-electron chi connectivity index (χ2n) is 10.1. The van der Waals surface area contributed by atoms with E-state index in [0.717, 1.165) is 38.5 Å². The zero-order chi connectivity index (χ0) is 19.6. The maximum absolute atomic E-state index is 12.0. The van der Waals surface area contributed by atoms with Crippen molar-refractivity contribution < 1.29 is 14.3 Å². The van der Waals surface area contributed by atoms with E-state index < -0.39 is 5.60 Å². The van der Waals surface area contributed by atoms with Crippen LogP contribution in [0.4, 0.5) is 0 Å². The normalized spacial score (nSPS) is 48.6. The molecule has 0 bridgehead atoms. The molecule has 4 heteroatoms. The number of carbonyl (C=O) groups excluding carboxylic acids is 2. The van der Waals surface area contributed by atoms with Gasteiger partial charge in [0.15, 0.2) is 5.78 Å². The predicted octanol–water partition coefficient (Wildman–Crippen LogP) is 4.59. The standard InChI is InChI=1S/C23H31NO3/c1-14(25)27-23(4)10-7-19-20-15(13-24)11-16-12-17(26)5-8-21(16,2)18(20)6-9-22(19,23)3/h12,15,18-20H,5-11H2,1-4H3/t15-,18-,19-,20+,21-,22-,23-/m0/s1. The van der Waals surface area contributed by atoms with Gasteiger partial charge in [0.2, 0.25) is 0 Å². The Kier molecular flexibility index (Phi) is 4.11. The molecule has 0 N–H and O–H groups in total. The molecule has 146 valence electrons. The lowest BCUT2D eigenvalue weighted by molar-refractivity contribution is -0.179. The molecule has 3 saturated carbocycles. The van der Waals surface area contributed by atoms with Gasteiger partial charge in [-0.2, -0.15) is 5.26 Å². The van der Waals surface area contributed by atoms with Crippen LogP contribution < -0.4 is 0 Å². The molecule has 4 aliphatic carbocycles. The third-order valence-corrected chi connectivity index (χ3v) is 9.08. The summed E-state index contributed by atoms with van der Waals surface area (Å²) in [6.45, 7) is 8.23. The highest BCUT2D eigenvalue weighted by Crippen LogP contribution is 2.69. The maximum atomic E-state index is 12.0. The van der Waals surface area contributed by atoms with Crippen LogP contribution in [-0.2, 0) is 14.3 Å². The molecule has 7 atom stereocenters. The van der Waals surface area contributed by atoms with Crippen LogP contribution in [0.15, 0.2) is 11.6 Å². The van der Waals surface area contributed by atoms with E-state index in [4.69, 9.17) is 4.74 Å². The van der Waals surface area contributed by atoms with Gasteiger partial charge in [0.25, 0.3) is 0 Å². The van der Waals surface area contributed by atoms with Crippen molar-refractivity contribution in [2.24, 2.45) is 34.5 Å². The second-order valence-corrected chi connectivity index (χ2v) is 10.1. The van der Waals surface area contributed by atoms with Gasteiger partial charge in [0.05, 0.1) is 12.0 Å². The van der Waals surface area contributed by atoms with Crippen LogP contribution in [0.25, 0.3) is 0 Å². The summed E-state index contributed by atoms with van der Waals surface area (Å²) in [5.41, 5.74) is 0.759. The summed E-state index contributed by atoms with van der Waals surface area (Å²) < 4.78 is 5.89. The summed E-state index contributed by atoms with van der Waals surface area (Å²) in [5, 5.41) is 10.0. The second kappa shape index (κ2) is 5.93. The van der Waals surface area contributed by atoms with E-state index in [1.165, 1.54) is 12.5 Å². The van der Waals surface area contributed by atoms with E-state index in [-0.39, 0.29) is 28.5 Å². The fourth-order valence-electron chi connectivity index (χ4n) is 7.41. The van der Waals surface area contributed by atoms with Crippen LogP contribution in [0.1, 0.15) is 72.6 Å². The van der Waals surface area contributed by atoms with Gasteiger partial charge in [-0.3, -0.25) is 9.59 Å². The lowest BCUT2D eigenvalue weighted by Gasteiger charge is -2.60. The summed E-state index contributed by atoms with van der Waals surface area (Å²) in [4.78, 5) is 23.8. The van der Waals surface area contributed by atoms with Crippen LogP contribution in [-0.4, -0.2) is 17.4 Å². The zero-order valence-electron chi connectivity index (χ0n) is 17.0. The number of ketones is 1. The van der Waals surface area contributed by atoms with Crippen molar-refractivity contribution in [1.29, 1.82) is 5.26 Å². The van der Waals surface area contributed by atoms with E-state index in [0.29, 0.717) is 24.2 Å². The minimum Gasteiger partial charge on any atom is -0.459 e. The van der Waals surface area contributed by atoms with Crippen LogP contribution in [0.3, 0.4) is 0 Å². The number of fused-ring (bicyclic) bond motifs is 5. The molecule has 0 unspecified atom stereocenters. The minimum absolute atomic E-state index is 0.0375. The van der Waals surface area contributed by atoms with Crippen molar-refractivity contribution in [3.8, 4) is 6.07 Å². The van der Waals surface area contributed by atoms with Gasteiger partial charge >= 0.3 is 5.97 Å². The maximum Gasteiger partial charge on any atom is 0.303 e. The molecule has 0 saturated heterocycles. The van der Waals surface area contributed by atoms with Gasteiger partial charge in [0, 0.05) is 18.8 Å². The quantitative estimate of drug-likeness (QED) is 0.634. The lowest BCUT2D eigenvalue weighted by Crippen LogP contribution is -2.57. The molecular formula is C23H31NO3. The molecule has 4 nitrogen and oxygen atoms in total. The zero-order valence-corrected chi connectivity index (χ0v) is 17.0. The molecule has 0 aromatic carbocycles. The molecule has 0 amide bonds. The molecular weight excluding hydrogens is 338 g/mol. The van der Waals surface area contributed by atoms with Crippen LogP contribution in [0.2, 0.25) is 0 Å². The Morgan fingerprint density at radius 3 is 2.56 bits per heavy atom. The molecule has 0 aromatic rings. The molecule has 0 heterocycles. The fraction of sp³-hybridized carbons (Fsp3) is 0.783. The van der Waals surface area contributed by atoms with Gasteiger partial charge < -0.3 is 4.74 Å². The molecule has 4 rings (SSSR count). The molecule has 0 spiro atoms. The number of carbonyl (C=O) groups is 2. The summed E-state index contributed by atoms with van der Waals surface area (Å²) >= 11 is 0. The summed E-state index contributed by atoms with van der Waals surface area (Å²) in [7, 11) is 0. The van der Waals surface area contributed by atoms with Crippen molar-refractivity contribution in [1.82, 2.24) is 0 Å². The van der Waals surface area contributed by atoms with Gasteiger partial charge in [-0.15, -0.1) is 0 Å². The van der Waals surface area contributed by atoms with Crippen LogP contribution >= 0.6 is 0 Å². The van der Waals surface area contributed by atoms with Gasteiger partial charge in [0.1, 0.15) is 5.60 Å². The number of hydrogen-bond acceptors (Lipinski definition) is 4. The number of allylic oxidation sites excluding steroid dienone is 1. The predicted molar refractivity (Wildman–Crippen MR) is 101 cm³/mol. The number of esters is 1. The van der Waals surface area contributed by atoms with E-state index in [2.05, 4.69) is 26.8 Å². The van der Waals surface area contributed by atoms with Crippen molar-refractivity contribution in [3.63, 3.8) is 0 Å². The number of hydrogen-bond donors (Lipinski definition) is 0. The van der Waals surface area contributed by atoms with Gasteiger partial charge in [-0.05, 0) is 74.7 Å². The Hall–Kier alpha value is -1.63. The third-order valence-electron chi connectivity index (χ3n) is 9.08. The Morgan fingerprint density at radius 1 is 1.19 bits per heavy atom. The summed E-state index contributed by atoms with van der Waals surface area (Å²) in [5.74, 6) is 1.17. The van der Waals surface area contributed by atoms with Crippen molar-refractivity contribution in [2.45, 2.75) is 78.2 Å². The molecule has 0 radical (unpaired) electrons. The molecule has 3 fully saturated rings. The lowest BCUT2D eigenvalue weighted by atomic mass is 9.44. The van der Waals surface area contributed by atoms with Gasteiger partial charge in [-0.25, -0.2) is 0 Å². The number of nitrogens with zero attached hydrogens (tertiary/aromatic N) is 1.